The van der Waals surface area contributed by atoms with Crippen LogP contribution in [-0.4, -0.2) is 71.9 Å². The van der Waals surface area contributed by atoms with Crippen molar-refractivity contribution in [2.75, 3.05) is 40.4 Å². The van der Waals surface area contributed by atoms with E-state index >= 15 is 0 Å². The van der Waals surface area contributed by atoms with Gasteiger partial charge in [-0.1, -0.05) is 12.1 Å². The standard InChI is InChI=1S/C22H30N4O4/c1-22(2,3)30-21(27)26-12-10-25(11-13-26)20(16-6-8-18(28-4)23-14-16)17-7-9-19(29-5)24-15-17/h6-9,14-15,20H,10-13H2,1-5H3. The number of ether oxygens (including phenoxy) is 3. The molecule has 0 bridgehead atoms. The summed E-state index contributed by atoms with van der Waals surface area (Å²) in [6.45, 7) is 8.25. The van der Waals surface area contributed by atoms with Crippen molar-refractivity contribution in [1.82, 2.24) is 19.8 Å². The number of methoxy groups -OCH3 is 2. The van der Waals surface area contributed by atoms with E-state index in [1.54, 1.807) is 19.1 Å². The number of pyridine rings is 2. The first-order valence-corrected chi connectivity index (χ1v) is 10.0. The molecule has 0 aromatic carbocycles. The Morgan fingerprint density at radius 3 is 1.77 bits per heavy atom. The molecule has 3 rings (SSSR count). The second-order valence-corrected chi connectivity index (χ2v) is 8.17. The van der Waals surface area contributed by atoms with Gasteiger partial charge in [0.15, 0.2) is 0 Å². The van der Waals surface area contributed by atoms with Crippen LogP contribution in [0.15, 0.2) is 36.7 Å². The lowest BCUT2D eigenvalue weighted by molar-refractivity contribution is 0.0119. The maximum Gasteiger partial charge on any atom is 0.410 e. The molecule has 2 aromatic rings. The molecule has 0 aliphatic carbocycles. The molecule has 0 spiro atoms. The predicted molar refractivity (Wildman–Crippen MR) is 113 cm³/mol. The molecule has 0 N–H and O–H groups in total. The van der Waals surface area contributed by atoms with Gasteiger partial charge < -0.3 is 19.1 Å². The molecule has 8 heteroatoms. The van der Waals surface area contributed by atoms with Gasteiger partial charge in [-0.15, -0.1) is 0 Å². The van der Waals surface area contributed by atoms with Crippen molar-refractivity contribution in [3.05, 3.63) is 47.8 Å². The third kappa shape index (κ3) is 5.38. The molecular formula is C22H30N4O4. The highest BCUT2D eigenvalue weighted by Crippen LogP contribution is 2.30. The zero-order valence-electron chi connectivity index (χ0n) is 18.3. The van der Waals surface area contributed by atoms with Gasteiger partial charge >= 0.3 is 6.09 Å². The van der Waals surface area contributed by atoms with Crippen molar-refractivity contribution in [1.29, 1.82) is 0 Å². The molecule has 162 valence electrons. The zero-order valence-corrected chi connectivity index (χ0v) is 18.3. The van der Waals surface area contributed by atoms with Crippen LogP contribution in [-0.2, 0) is 4.74 Å². The molecule has 8 nitrogen and oxygen atoms in total. The number of hydrogen-bond acceptors (Lipinski definition) is 7. The van der Waals surface area contributed by atoms with Crippen molar-refractivity contribution < 1.29 is 19.0 Å². The topological polar surface area (TPSA) is 77.0 Å². The van der Waals surface area contributed by atoms with Gasteiger partial charge in [0.05, 0.1) is 20.3 Å². The molecule has 0 saturated carbocycles. The van der Waals surface area contributed by atoms with Crippen molar-refractivity contribution in [3.8, 4) is 11.8 Å². The van der Waals surface area contributed by atoms with Gasteiger partial charge in [-0.3, -0.25) is 4.90 Å². The Morgan fingerprint density at radius 2 is 1.40 bits per heavy atom. The number of hydrogen-bond donors (Lipinski definition) is 0. The number of nitrogens with zero attached hydrogens (tertiary/aromatic N) is 4. The van der Waals surface area contributed by atoms with Crippen LogP contribution in [0.4, 0.5) is 4.79 Å². The molecule has 1 aliphatic heterocycles. The number of amides is 1. The largest absolute Gasteiger partial charge is 0.481 e. The summed E-state index contributed by atoms with van der Waals surface area (Å²) in [5.41, 5.74) is 1.57. The molecule has 30 heavy (non-hydrogen) atoms. The molecule has 1 fully saturated rings. The van der Waals surface area contributed by atoms with Crippen LogP contribution in [0.3, 0.4) is 0 Å². The Hall–Kier alpha value is -2.87. The fourth-order valence-electron chi connectivity index (χ4n) is 3.45. The van der Waals surface area contributed by atoms with E-state index in [0.717, 1.165) is 11.1 Å². The quantitative estimate of drug-likeness (QED) is 0.744. The highest BCUT2D eigenvalue weighted by atomic mass is 16.6. The average molecular weight is 415 g/mol. The number of aromatic nitrogens is 2. The van der Waals surface area contributed by atoms with Gasteiger partial charge in [-0.05, 0) is 31.9 Å². The first kappa shape index (κ1) is 21.8. The second-order valence-electron chi connectivity index (χ2n) is 8.17. The van der Waals surface area contributed by atoms with Crippen LogP contribution >= 0.6 is 0 Å². The first-order valence-electron chi connectivity index (χ1n) is 10.0. The molecule has 1 amide bonds. The predicted octanol–water partition coefficient (Wildman–Crippen LogP) is 3.14. The van der Waals surface area contributed by atoms with Crippen molar-refractivity contribution >= 4 is 6.09 Å². The van der Waals surface area contributed by atoms with E-state index in [4.69, 9.17) is 14.2 Å². The smallest absolute Gasteiger partial charge is 0.410 e. The number of carbonyl (C=O) groups excluding carboxylic acids is 1. The van der Waals surface area contributed by atoms with Gasteiger partial charge in [0.2, 0.25) is 11.8 Å². The molecular weight excluding hydrogens is 384 g/mol. The number of piperazine rings is 1. The Morgan fingerprint density at radius 1 is 0.900 bits per heavy atom. The van der Waals surface area contributed by atoms with Crippen LogP contribution in [0.25, 0.3) is 0 Å². The summed E-state index contributed by atoms with van der Waals surface area (Å²) in [7, 11) is 3.20. The molecule has 1 aliphatic rings. The summed E-state index contributed by atoms with van der Waals surface area (Å²) in [6.07, 6.45) is 3.39. The first-order chi connectivity index (χ1) is 14.3. The Balaban J connectivity index is 1.79. The van der Waals surface area contributed by atoms with Crippen molar-refractivity contribution in [2.24, 2.45) is 0 Å². The van der Waals surface area contributed by atoms with Gasteiger partial charge in [0.25, 0.3) is 0 Å². The summed E-state index contributed by atoms with van der Waals surface area (Å²) in [5, 5.41) is 0. The van der Waals surface area contributed by atoms with E-state index in [1.165, 1.54) is 0 Å². The maximum absolute atomic E-state index is 12.4. The zero-order chi connectivity index (χ0) is 21.7. The fraction of sp³-hybridized carbons (Fsp3) is 0.500. The number of rotatable bonds is 5. The fourth-order valence-corrected chi connectivity index (χ4v) is 3.45. The molecule has 0 unspecified atom stereocenters. The van der Waals surface area contributed by atoms with Crippen LogP contribution < -0.4 is 9.47 Å². The van der Waals surface area contributed by atoms with Crippen molar-refractivity contribution in [3.63, 3.8) is 0 Å². The van der Waals surface area contributed by atoms with E-state index in [1.807, 2.05) is 57.4 Å². The minimum Gasteiger partial charge on any atom is -0.481 e. The summed E-state index contributed by atoms with van der Waals surface area (Å²) in [6, 6.07) is 7.71. The number of carbonyl (C=O) groups is 1. The Bertz CT molecular complexity index is 778. The second kappa shape index (κ2) is 9.30. The minimum atomic E-state index is -0.500. The van der Waals surface area contributed by atoms with E-state index in [9.17, 15) is 4.79 Å². The van der Waals surface area contributed by atoms with E-state index in [-0.39, 0.29) is 12.1 Å². The van der Waals surface area contributed by atoms with Gasteiger partial charge in [0.1, 0.15) is 5.60 Å². The third-order valence-electron chi connectivity index (χ3n) is 4.90. The van der Waals surface area contributed by atoms with Gasteiger partial charge in [-0.2, -0.15) is 0 Å². The monoisotopic (exact) mass is 414 g/mol. The van der Waals surface area contributed by atoms with Gasteiger partial charge in [0, 0.05) is 50.7 Å². The molecule has 0 radical (unpaired) electrons. The lowest BCUT2D eigenvalue weighted by atomic mass is 9.99. The van der Waals surface area contributed by atoms with Crippen LogP contribution in [0.1, 0.15) is 37.9 Å². The molecule has 1 saturated heterocycles. The summed E-state index contributed by atoms with van der Waals surface area (Å²) < 4.78 is 15.9. The SMILES string of the molecule is COc1ccc(C(c2ccc(OC)nc2)N2CCN(C(=O)OC(C)(C)C)CC2)cn1. The van der Waals surface area contributed by atoms with Crippen LogP contribution in [0.2, 0.25) is 0 Å². The van der Waals surface area contributed by atoms with E-state index in [2.05, 4.69) is 14.9 Å². The maximum atomic E-state index is 12.4. The normalized spacial score (nSPS) is 15.2. The Kier molecular flexibility index (Phi) is 6.77. The molecule has 2 aromatic heterocycles. The highest BCUT2D eigenvalue weighted by molar-refractivity contribution is 5.68. The minimum absolute atomic E-state index is 0.0393. The highest BCUT2D eigenvalue weighted by Gasteiger charge is 2.30. The lowest BCUT2D eigenvalue weighted by Crippen LogP contribution is -2.51. The molecule has 3 heterocycles. The van der Waals surface area contributed by atoms with Crippen LogP contribution in [0, 0.1) is 0 Å². The summed E-state index contributed by atoms with van der Waals surface area (Å²) in [5.74, 6) is 1.14. The van der Waals surface area contributed by atoms with E-state index in [0.29, 0.717) is 37.9 Å². The summed E-state index contributed by atoms with van der Waals surface area (Å²) in [4.78, 5) is 25.3. The van der Waals surface area contributed by atoms with Gasteiger partial charge in [-0.25, -0.2) is 14.8 Å². The average Bonchev–Trinajstić information content (AvgIpc) is 2.74. The Labute approximate surface area is 177 Å². The lowest BCUT2D eigenvalue weighted by Gasteiger charge is -2.39. The van der Waals surface area contributed by atoms with Crippen LogP contribution in [0.5, 0.6) is 11.8 Å². The van der Waals surface area contributed by atoms with Crippen molar-refractivity contribution in [2.45, 2.75) is 32.4 Å². The third-order valence-corrected chi connectivity index (χ3v) is 4.90. The molecule has 0 atom stereocenters. The summed E-state index contributed by atoms with van der Waals surface area (Å²) >= 11 is 0. The van der Waals surface area contributed by atoms with E-state index < -0.39 is 5.60 Å².